The minimum Gasteiger partial charge on any atom is -0.455 e. The van der Waals surface area contributed by atoms with Crippen molar-refractivity contribution < 1.29 is 9.53 Å². The summed E-state index contributed by atoms with van der Waals surface area (Å²) < 4.78 is 5.82. The van der Waals surface area contributed by atoms with Crippen LogP contribution >= 0.6 is 0 Å². The van der Waals surface area contributed by atoms with Crippen molar-refractivity contribution in [1.29, 1.82) is 0 Å². The first-order valence-corrected chi connectivity index (χ1v) is 7.07. The van der Waals surface area contributed by atoms with Crippen molar-refractivity contribution in [1.82, 2.24) is 4.98 Å². The third-order valence-electron chi connectivity index (χ3n) is 3.15. The van der Waals surface area contributed by atoms with E-state index in [1.807, 2.05) is 42.5 Å². The fourth-order valence-corrected chi connectivity index (χ4v) is 2.06. The number of hydrogen-bond acceptors (Lipinski definition) is 4. The molecular formula is C18H15N3O2. The van der Waals surface area contributed by atoms with Crippen LogP contribution in [0.25, 0.3) is 0 Å². The van der Waals surface area contributed by atoms with Crippen molar-refractivity contribution in [3.05, 3.63) is 78.5 Å². The van der Waals surface area contributed by atoms with Crippen LogP contribution in [0.5, 0.6) is 11.5 Å². The van der Waals surface area contributed by atoms with E-state index in [1.54, 1.807) is 18.2 Å². The Labute approximate surface area is 133 Å². The molecular weight excluding hydrogens is 290 g/mol. The third kappa shape index (κ3) is 3.65. The van der Waals surface area contributed by atoms with Crippen LogP contribution in [-0.2, 0) is 0 Å². The topological polar surface area (TPSA) is 77.2 Å². The van der Waals surface area contributed by atoms with Gasteiger partial charge in [0.25, 0.3) is 5.91 Å². The first-order chi connectivity index (χ1) is 11.2. The molecule has 0 aliphatic carbocycles. The van der Waals surface area contributed by atoms with E-state index >= 15 is 0 Å². The number of pyridine rings is 1. The summed E-state index contributed by atoms with van der Waals surface area (Å²) in [5, 5.41) is 2.83. The van der Waals surface area contributed by atoms with E-state index in [1.165, 1.54) is 12.3 Å². The number of nitrogens with one attached hydrogen (secondary N) is 1. The quantitative estimate of drug-likeness (QED) is 0.770. The highest BCUT2D eigenvalue weighted by Crippen LogP contribution is 2.29. The molecule has 5 heteroatoms. The van der Waals surface area contributed by atoms with Gasteiger partial charge in [0.2, 0.25) is 0 Å². The van der Waals surface area contributed by atoms with Crippen LogP contribution in [0, 0.1) is 0 Å². The van der Waals surface area contributed by atoms with Crippen molar-refractivity contribution in [2.45, 2.75) is 0 Å². The van der Waals surface area contributed by atoms with Gasteiger partial charge >= 0.3 is 0 Å². The highest BCUT2D eigenvalue weighted by molar-refractivity contribution is 6.05. The molecule has 3 N–H and O–H groups in total. The highest BCUT2D eigenvalue weighted by atomic mass is 16.5. The second-order valence-electron chi connectivity index (χ2n) is 4.83. The number of aromatic nitrogens is 1. The minimum absolute atomic E-state index is 0.275. The van der Waals surface area contributed by atoms with Gasteiger partial charge in [-0.3, -0.25) is 4.79 Å². The number of carbonyl (C=O) groups is 1. The van der Waals surface area contributed by atoms with Gasteiger partial charge in [0.1, 0.15) is 11.6 Å². The summed E-state index contributed by atoms with van der Waals surface area (Å²) in [6, 6.07) is 19.8. The first-order valence-electron chi connectivity index (χ1n) is 7.07. The van der Waals surface area contributed by atoms with E-state index in [0.29, 0.717) is 28.6 Å². The molecule has 0 aliphatic rings. The molecule has 0 aliphatic heterocycles. The van der Waals surface area contributed by atoms with E-state index < -0.39 is 0 Å². The van der Waals surface area contributed by atoms with E-state index in [-0.39, 0.29) is 5.91 Å². The summed E-state index contributed by atoms with van der Waals surface area (Å²) in [5.74, 6) is 1.28. The first kappa shape index (κ1) is 14.6. The number of nitrogen functional groups attached to an aromatic ring is 1. The predicted octanol–water partition coefficient (Wildman–Crippen LogP) is 3.71. The number of carbonyl (C=O) groups excluding carboxylic acids is 1. The summed E-state index contributed by atoms with van der Waals surface area (Å²) in [6.07, 6.45) is 1.50. The number of hydrogen-bond donors (Lipinski definition) is 2. The van der Waals surface area contributed by atoms with Crippen LogP contribution in [0.2, 0.25) is 0 Å². The molecule has 114 valence electrons. The molecule has 1 amide bonds. The molecule has 0 radical (unpaired) electrons. The largest absolute Gasteiger partial charge is 0.455 e. The van der Waals surface area contributed by atoms with Crippen molar-refractivity contribution in [3.63, 3.8) is 0 Å². The fraction of sp³-hybridized carbons (Fsp3) is 0. The summed E-state index contributed by atoms with van der Waals surface area (Å²) in [6.45, 7) is 0. The number of nitrogens with zero attached hydrogens (tertiary/aromatic N) is 1. The Morgan fingerprint density at radius 1 is 1.00 bits per heavy atom. The molecule has 3 rings (SSSR count). The maximum atomic E-state index is 12.3. The number of ether oxygens (including phenoxy) is 1. The lowest BCUT2D eigenvalue weighted by molar-refractivity contribution is 0.102. The van der Waals surface area contributed by atoms with Crippen LogP contribution in [-0.4, -0.2) is 10.9 Å². The van der Waals surface area contributed by atoms with Gasteiger partial charge in [-0.25, -0.2) is 4.98 Å². The van der Waals surface area contributed by atoms with E-state index in [4.69, 9.17) is 10.5 Å². The van der Waals surface area contributed by atoms with Crippen LogP contribution < -0.4 is 15.8 Å². The smallest absolute Gasteiger partial charge is 0.255 e. The number of para-hydroxylation sites is 3. The third-order valence-corrected chi connectivity index (χ3v) is 3.15. The van der Waals surface area contributed by atoms with Crippen molar-refractivity contribution in [2.24, 2.45) is 0 Å². The molecule has 0 saturated carbocycles. The summed E-state index contributed by atoms with van der Waals surface area (Å²) in [5.41, 5.74) is 6.62. The van der Waals surface area contributed by atoms with Gasteiger partial charge in [0.05, 0.1) is 5.69 Å². The van der Waals surface area contributed by atoms with Gasteiger partial charge in [-0.2, -0.15) is 0 Å². The molecule has 23 heavy (non-hydrogen) atoms. The standard InChI is InChI=1S/C18H15N3O2/c19-17-12-13(10-11-20-17)18(22)21-15-8-4-5-9-16(15)23-14-6-2-1-3-7-14/h1-12H,(H2,19,20)(H,21,22). The van der Waals surface area contributed by atoms with Gasteiger partial charge in [-0.15, -0.1) is 0 Å². The van der Waals surface area contributed by atoms with Gasteiger partial charge in [-0.1, -0.05) is 30.3 Å². The Hall–Kier alpha value is -3.34. The van der Waals surface area contributed by atoms with Gasteiger partial charge in [-0.05, 0) is 36.4 Å². The van der Waals surface area contributed by atoms with E-state index in [2.05, 4.69) is 10.3 Å². The van der Waals surface area contributed by atoms with E-state index in [0.717, 1.165) is 0 Å². The second kappa shape index (κ2) is 6.62. The number of amides is 1. The number of nitrogens with two attached hydrogens (primary N) is 1. The minimum atomic E-state index is -0.275. The number of benzene rings is 2. The Balaban J connectivity index is 1.82. The Bertz CT molecular complexity index is 819. The number of anilines is 2. The summed E-state index contributed by atoms with van der Waals surface area (Å²) >= 11 is 0. The van der Waals surface area contributed by atoms with Gasteiger partial charge < -0.3 is 15.8 Å². The molecule has 0 spiro atoms. The monoisotopic (exact) mass is 305 g/mol. The van der Waals surface area contributed by atoms with Crippen LogP contribution in [0.3, 0.4) is 0 Å². The molecule has 0 saturated heterocycles. The van der Waals surface area contributed by atoms with Gasteiger partial charge in [0.15, 0.2) is 5.75 Å². The molecule has 5 nitrogen and oxygen atoms in total. The molecule has 1 heterocycles. The zero-order valence-corrected chi connectivity index (χ0v) is 12.3. The highest BCUT2D eigenvalue weighted by Gasteiger charge is 2.10. The van der Waals surface area contributed by atoms with Crippen LogP contribution in [0.1, 0.15) is 10.4 Å². The lowest BCUT2D eigenvalue weighted by Crippen LogP contribution is -2.13. The molecule has 0 atom stereocenters. The lowest BCUT2D eigenvalue weighted by atomic mass is 10.2. The van der Waals surface area contributed by atoms with Crippen molar-refractivity contribution in [2.75, 3.05) is 11.1 Å². The molecule has 0 bridgehead atoms. The zero-order chi connectivity index (χ0) is 16.1. The zero-order valence-electron chi connectivity index (χ0n) is 12.3. The maximum absolute atomic E-state index is 12.3. The number of rotatable bonds is 4. The van der Waals surface area contributed by atoms with Crippen LogP contribution in [0.15, 0.2) is 72.9 Å². The average Bonchev–Trinajstić information content (AvgIpc) is 2.57. The van der Waals surface area contributed by atoms with Crippen molar-refractivity contribution >= 4 is 17.4 Å². The Kier molecular flexibility index (Phi) is 4.20. The molecule has 0 unspecified atom stereocenters. The molecule has 3 aromatic rings. The summed E-state index contributed by atoms with van der Waals surface area (Å²) in [4.78, 5) is 16.2. The second-order valence-corrected chi connectivity index (χ2v) is 4.83. The predicted molar refractivity (Wildman–Crippen MR) is 89.6 cm³/mol. The van der Waals surface area contributed by atoms with E-state index in [9.17, 15) is 4.79 Å². The lowest BCUT2D eigenvalue weighted by Gasteiger charge is -2.12. The normalized spacial score (nSPS) is 10.1. The Morgan fingerprint density at radius 2 is 1.74 bits per heavy atom. The van der Waals surface area contributed by atoms with Crippen molar-refractivity contribution in [3.8, 4) is 11.5 Å². The van der Waals surface area contributed by atoms with Gasteiger partial charge in [0, 0.05) is 11.8 Å². The SMILES string of the molecule is Nc1cc(C(=O)Nc2ccccc2Oc2ccccc2)ccn1. The average molecular weight is 305 g/mol. The van der Waals surface area contributed by atoms with Crippen LogP contribution in [0.4, 0.5) is 11.5 Å². The molecule has 2 aromatic carbocycles. The molecule has 0 fully saturated rings. The Morgan fingerprint density at radius 3 is 2.52 bits per heavy atom. The fourth-order valence-electron chi connectivity index (χ4n) is 2.06. The molecule has 1 aromatic heterocycles. The maximum Gasteiger partial charge on any atom is 0.255 e. The summed E-state index contributed by atoms with van der Waals surface area (Å²) in [7, 11) is 0.